The molecule has 0 aromatic heterocycles. The first-order valence-corrected chi connectivity index (χ1v) is 16.8. The largest absolute Gasteiger partial charge is 0.359 e. The van der Waals surface area contributed by atoms with E-state index in [4.69, 9.17) is 9.98 Å². The van der Waals surface area contributed by atoms with Gasteiger partial charge < -0.3 is 5.32 Å². The van der Waals surface area contributed by atoms with Crippen LogP contribution in [0.2, 0.25) is 0 Å². The third-order valence-corrected chi connectivity index (χ3v) is 10.1. The Labute approximate surface area is 284 Å². The average Bonchev–Trinajstić information content (AvgIpc) is 3.29. The summed E-state index contributed by atoms with van der Waals surface area (Å²) in [7, 11) is 0. The van der Waals surface area contributed by atoms with Crippen LogP contribution in [0.25, 0.3) is 38.5 Å². The molecule has 1 atom stereocenters. The second-order valence-corrected chi connectivity index (χ2v) is 13.0. The van der Waals surface area contributed by atoms with Crippen LogP contribution in [0, 0.1) is 0 Å². The number of hydrogen-bond acceptors (Lipinski definition) is 5. The first kappa shape index (κ1) is 28.3. The van der Waals surface area contributed by atoms with Gasteiger partial charge in [0.2, 0.25) is 0 Å². The van der Waals surface area contributed by atoms with Crippen molar-refractivity contribution in [2.45, 2.75) is 11.1 Å². The van der Waals surface area contributed by atoms with Gasteiger partial charge in [-0.05, 0) is 74.5 Å². The molecule has 0 amide bonds. The Bertz CT molecular complexity index is 2360. The Kier molecular flexibility index (Phi) is 6.91. The van der Waals surface area contributed by atoms with Crippen LogP contribution in [0.4, 0.5) is 0 Å². The summed E-state index contributed by atoms with van der Waals surface area (Å²) < 4.78 is 2.17. The summed E-state index contributed by atoms with van der Waals surface area (Å²) in [5.74, 6) is 0.865. The number of fused-ring (bicyclic) bond motifs is 4. The van der Waals surface area contributed by atoms with Crippen LogP contribution >= 0.6 is 11.9 Å². The van der Waals surface area contributed by atoms with Crippen LogP contribution in [-0.4, -0.2) is 15.9 Å². The molecule has 0 radical (unpaired) electrons. The maximum absolute atomic E-state index is 5.40. The number of benzene rings is 6. The van der Waals surface area contributed by atoms with E-state index in [1.807, 2.05) is 12.1 Å². The summed E-state index contributed by atoms with van der Waals surface area (Å²) in [6, 6.07) is 46.8. The Morgan fingerprint density at radius 1 is 0.646 bits per heavy atom. The predicted molar refractivity (Wildman–Crippen MR) is 202 cm³/mol. The molecular formula is C43H30N4S. The number of amidine groups is 1. The van der Waals surface area contributed by atoms with E-state index in [0.29, 0.717) is 0 Å². The number of allylic oxidation sites excluding steroid dienone is 3. The van der Waals surface area contributed by atoms with E-state index in [2.05, 4.69) is 162 Å². The van der Waals surface area contributed by atoms with Gasteiger partial charge in [-0.1, -0.05) is 134 Å². The monoisotopic (exact) mass is 634 g/mol. The second kappa shape index (κ2) is 11.7. The molecule has 9 rings (SSSR count). The van der Waals surface area contributed by atoms with Crippen LogP contribution < -0.4 is 5.32 Å². The highest BCUT2D eigenvalue weighted by Gasteiger charge is 2.27. The number of aliphatic imine (C=N–C) groups is 2. The molecule has 1 unspecified atom stereocenters. The van der Waals surface area contributed by atoms with E-state index in [0.717, 1.165) is 55.7 Å². The van der Waals surface area contributed by atoms with Gasteiger partial charge in [-0.3, -0.25) is 9.30 Å². The minimum Gasteiger partial charge on any atom is -0.359 e. The number of hydrogen-bond donors (Lipinski definition) is 1. The van der Waals surface area contributed by atoms with Crippen LogP contribution in [0.1, 0.15) is 34.0 Å². The fourth-order valence-electron chi connectivity index (χ4n) is 6.86. The van der Waals surface area contributed by atoms with Crippen LogP contribution in [0.3, 0.4) is 0 Å². The van der Waals surface area contributed by atoms with Crippen molar-refractivity contribution in [2.75, 3.05) is 0 Å². The van der Waals surface area contributed by atoms with Crippen molar-refractivity contribution in [3.63, 3.8) is 0 Å². The summed E-state index contributed by atoms with van der Waals surface area (Å²) in [4.78, 5) is 11.4. The minimum absolute atomic E-state index is 0.303. The molecule has 3 aliphatic heterocycles. The van der Waals surface area contributed by atoms with E-state index >= 15 is 0 Å². The Morgan fingerprint density at radius 2 is 1.25 bits per heavy atom. The lowest BCUT2D eigenvalue weighted by atomic mass is 9.86. The summed E-state index contributed by atoms with van der Waals surface area (Å²) >= 11 is 1.68. The zero-order chi connectivity index (χ0) is 32.0. The van der Waals surface area contributed by atoms with Crippen molar-refractivity contribution < 1.29 is 0 Å². The molecule has 228 valence electrons. The standard InChI is InChI=1S/C43H30N4S/c1-28-32-18-12-13-23-39(32)48-47-27-31(24-25-40(47)44-28)41-33-19-8-10-21-35(33)42(36-22-11-9-20-34(36)41)43-45-37(29-14-4-2-5-15-29)26-38(46-43)30-16-6-3-7-17-30/h2-27,43,45H,1H2. The molecule has 0 aliphatic carbocycles. The van der Waals surface area contributed by atoms with Gasteiger partial charge in [0, 0.05) is 33.5 Å². The van der Waals surface area contributed by atoms with Crippen LogP contribution in [0.15, 0.2) is 179 Å². The second-order valence-electron chi connectivity index (χ2n) is 12.0. The number of nitrogens with zero attached hydrogens (tertiary/aromatic N) is 3. The van der Waals surface area contributed by atoms with Crippen LogP contribution in [-0.2, 0) is 0 Å². The molecule has 4 nitrogen and oxygen atoms in total. The molecule has 6 aromatic rings. The number of nitrogens with one attached hydrogen (secondary N) is 1. The highest BCUT2D eigenvalue weighted by atomic mass is 32.2. The van der Waals surface area contributed by atoms with Gasteiger partial charge >= 0.3 is 0 Å². The molecule has 48 heavy (non-hydrogen) atoms. The first-order chi connectivity index (χ1) is 23.7. The average molecular weight is 635 g/mol. The van der Waals surface area contributed by atoms with E-state index in [9.17, 15) is 0 Å². The lowest BCUT2D eigenvalue weighted by Gasteiger charge is -2.28. The SMILES string of the molecule is C=C1N=C2C=CC(c3c4ccccc4c(C4N=C(c5ccccc5)C=C(c5ccccc5)N4)c4ccccc34)=CN2Sc2ccccc21. The summed E-state index contributed by atoms with van der Waals surface area (Å²) in [6.45, 7) is 4.27. The Hall–Kier alpha value is -5.91. The molecule has 0 bridgehead atoms. The van der Waals surface area contributed by atoms with Crippen molar-refractivity contribution in [2.24, 2.45) is 9.98 Å². The van der Waals surface area contributed by atoms with Crippen LogP contribution in [0.5, 0.6) is 0 Å². The smallest absolute Gasteiger partial charge is 0.146 e. The van der Waals surface area contributed by atoms with Gasteiger partial charge in [0.05, 0.1) is 11.4 Å². The van der Waals surface area contributed by atoms with E-state index in [1.165, 1.54) is 27.1 Å². The lowest BCUT2D eigenvalue weighted by molar-refractivity contribution is 0.674. The molecule has 0 fully saturated rings. The zero-order valence-electron chi connectivity index (χ0n) is 26.0. The van der Waals surface area contributed by atoms with Crippen molar-refractivity contribution in [3.05, 3.63) is 192 Å². The quantitative estimate of drug-likeness (QED) is 0.155. The highest BCUT2D eigenvalue weighted by molar-refractivity contribution is 7.97. The van der Waals surface area contributed by atoms with Gasteiger partial charge in [-0.25, -0.2) is 4.99 Å². The first-order valence-electron chi connectivity index (χ1n) is 16.1. The maximum atomic E-state index is 5.40. The summed E-state index contributed by atoms with van der Waals surface area (Å²) in [5.41, 5.74) is 9.55. The molecule has 6 aromatic carbocycles. The summed E-state index contributed by atoms with van der Waals surface area (Å²) in [6.07, 6.45) is 8.37. The molecule has 3 aliphatic rings. The highest BCUT2D eigenvalue weighted by Crippen LogP contribution is 2.44. The minimum atomic E-state index is -0.303. The zero-order valence-corrected chi connectivity index (χ0v) is 26.9. The van der Waals surface area contributed by atoms with Gasteiger partial charge in [0.15, 0.2) is 0 Å². The third kappa shape index (κ3) is 4.88. The van der Waals surface area contributed by atoms with E-state index < -0.39 is 0 Å². The molecule has 3 heterocycles. The van der Waals surface area contributed by atoms with Crippen molar-refractivity contribution in [1.82, 2.24) is 9.62 Å². The Morgan fingerprint density at radius 3 is 1.96 bits per heavy atom. The fourth-order valence-corrected chi connectivity index (χ4v) is 7.86. The van der Waals surface area contributed by atoms with E-state index in [1.54, 1.807) is 11.9 Å². The van der Waals surface area contributed by atoms with Gasteiger partial charge in [0.25, 0.3) is 0 Å². The predicted octanol–water partition coefficient (Wildman–Crippen LogP) is 10.4. The molecular weight excluding hydrogens is 605 g/mol. The molecule has 0 spiro atoms. The molecule has 0 saturated carbocycles. The Balaban J connectivity index is 1.24. The van der Waals surface area contributed by atoms with Crippen molar-refractivity contribution in [1.29, 1.82) is 0 Å². The molecule has 5 heteroatoms. The normalized spacial score (nSPS) is 17.0. The number of rotatable bonds is 4. The summed E-state index contributed by atoms with van der Waals surface area (Å²) in [5, 5.41) is 8.54. The molecule has 0 saturated heterocycles. The van der Waals surface area contributed by atoms with Gasteiger partial charge in [-0.2, -0.15) is 0 Å². The molecule has 1 N–H and O–H groups in total. The van der Waals surface area contributed by atoms with E-state index in [-0.39, 0.29) is 6.17 Å². The topological polar surface area (TPSA) is 40.0 Å². The fraction of sp³-hybridized carbons (Fsp3) is 0.0233. The van der Waals surface area contributed by atoms with Gasteiger partial charge in [-0.15, -0.1) is 0 Å². The lowest BCUT2D eigenvalue weighted by Crippen LogP contribution is -2.25. The van der Waals surface area contributed by atoms with Crippen molar-refractivity contribution >= 4 is 62.0 Å². The third-order valence-electron chi connectivity index (χ3n) is 9.07. The maximum Gasteiger partial charge on any atom is 0.146 e. The van der Waals surface area contributed by atoms with Crippen molar-refractivity contribution in [3.8, 4) is 0 Å². The van der Waals surface area contributed by atoms with Gasteiger partial charge in [0.1, 0.15) is 12.0 Å².